The van der Waals surface area contributed by atoms with Crippen LogP contribution in [0.4, 0.5) is 0 Å². The first-order valence-corrected chi connectivity index (χ1v) is 7.30. The van der Waals surface area contributed by atoms with Crippen molar-refractivity contribution < 1.29 is 4.74 Å². The molecular formula is C15H22N4O. The largest absolute Gasteiger partial charge is 0.373 e. The van der Waals surface area contributed by atoms with Crippen LogP contribution in [-0.4, -0.2) is 36.2 Å². The van der Waals surface area contributed by atoms with Crippen LogP contribution in [0.3, 0.4) is 0 Å². The van der Waals surface area contributed by atoms with Gasteiger partial charge >= 0.3 is 0 Å². The number of fused-ring (bicyclic) bond motifs is 2. The summed E-state index contributed by atoms with van der Waals surface area (Å²) in [7, 11) is 1.80. The Kier molecular flexibility index (Phi) is 3.87. The molecule has 2 N–H and O–H groups in total. The van der Waals surface area contributed by atoms with E-state index in [-0.39, 0.29) is 0 Å². The van der Waals surface area contributed by atoms with Gasteiger partial charge in [-0.1, -0.05) is 6.07 Å². The molecule has 108 valence electrons. The molecule has 0 aromatic carbocycles. The summed E-state index contributed by atoms with van der Waals surface area (Å²) in [6.45, 7) is 2.69. The maximum absolute atomic E-state index is 5.85. The van der Waals surface area contributed by atoms with Gasteiger partial charge in [0.25, 0.3) is 0 Å². The van der Waals surface area contributed by atoms with Crippen molar-refractivity contribution in [2.45, 2.75) is 51.0 Å². The van der Waals surface area contributed by atoms with Crippen LogP contribution < -0.4 is 10.6 Å². The van der Waals surface area contributed by atoms with E-state index in [0.29, 0.717) is 24.8 Å². The number of guanidine groups is 1. The lowest BCUT2D eigenvalue weighted by atomic mass is 9.96. The molecule has 0 aliphatic carbocycles. The molecular weight excluding hydrogens is 252 g/mol. The Morgan fingerprint density at radius 2 is 2.35 bits per heavy atom. The third-order valence-electron chi connectivity index (χ3n) is 4.03. The van der Waals surface area contributed by atoms with Crippen molar-refractivity contribution in [2.24, 2.45) is 4.99 Å². The minimum Gasteiger partial charge on any atom is -0.373 e. The lowest BCUT2D eigenvalue weighted by Gasteiger charge is -2.22. The number of hydrogen-bond donors (Lipinski definition) is 2. The highest BCUT2D eigenvalue weighted by molar-refractivity contribution is 5.80. The highest BCUT2D eigenvalue weighted by atomic mass is 16.5. The maximum atomic E-state index is 5.85. The Labute approximate surface area is 119 Å². The number of aromatic nitrogens is 1. The van der Waals surface area contributed by atoms with Crippen LogP contribution in [0, 0.1) is 6.92 Å². The quantitative estimate of drug-likeness (QED) is 0.646. The first-order valence-electron chi connectivity index (χ1n) is 7.30. The van der Waals surface area contributed by atoms with E-state index < -0.39 is 0 Å². The summed E-state index contributed by atoms with van der Waals surface area (Å²) in [5.74, 6) is 0.828. The number of nitrogens with one attached hydrogen (secondary N) is 2. The standard InChI is InChI=1S/C15H22N4O/c1-10-4-3-5-11(18-10)9-17-15(16-2)19-13-8-12-6-7-14(13)20-12/h3-5,12-14H,6-9H2,1-2H3,(H2,16,17,19). The second kappa shape index (κ2) is 5.79. The Bertz CT molecular complexity index is 502. The smallest absolute Gasteiger partial charge is 0.191 e. The third-order valence-corrected chi connectivity index (χ3v) is 4.03. The highest BCUT2D eigenvalue weighted by Gasteiger charge is 2.41. The number of aliphatic imine (C=N–C) groups is 1. The molecule has 0 amide bonds. The minimum absolute atomic E-state index is 0.357. The lowest BCUT2D eigenvalue weighted by Crippen LogP contribution is -2.47. The van der Waals surface area contributed by atoms with Crippen LogP contribution in [0.2, 0.25) is 0 Å². The summed E-state index contributed by atoms with van der Waals surface area (Å²) in [6, 6.07) is 6.45. The van der Waals surface area contributed by atoms with Crippen LogP contribution in [0.15, 0.2) is 23.2 Å². The molecule has 3 atom stereocenters. The number of hydrogen-bond acceptors (Lipinski definition) is 3. The molecule has 3 heterocycles. The molecule has 5 heteroatoms. The molecule has 3 unspecified atom stereocenters. The molecule has 5 nitrogen and oxygen atoms in total. The molecule has 0 radical (unpaired) electrons. The van der Waals surface area contributed by atoms with E-state index in [1.54, 1.807) is 7.05 Å². The fourth-order valence-electron chi connectivity index (χ4n) is 3.03. The van der Waals surface area contributed by atoms with Crippen LogP contribution in [0.25, 0.3) is 0 Å². The summed E-state index contributed by atoms with van der Waals surface area (Å²) in [6.07, 6.45) is 4.28. The van der Waals surface area contributed by atoms with Gasteiger partial charge in [-0.3, -0.25) is 9.98 Å². The second-order valence-electron chi connectivity index (χ2n) is 5.56. The zero-order chi connectivity index (χ0) is 13.9. The molecule has 3 rings (SSSR count). The molecule has 2 bridgehead atoms. The van der Waals surface area contributed by atoms with E-state index in [2.05, 4.69) is 20.6 Å². The van der Waals surface area contributed by atoms with E-state index >= 15 is 0 Å². The molecule has 20 heavy (non-hydrogen) atoms. The second-order valence-corrected chi connectivity index (χ2v) is 5.56. The van der Waals surface area contributed by atoms with Gasteiger partial charge in [-0.25, -0.2) is 0 Å². The Morgan fingerprint density at radius 1 is 1.45 bits per heavy atom. The molecule has 1 aromatic rings. The van der Waals surface area contributed by atoms with Crippen LogP contribution in [0.1, 0.15) is 30.7 Å². The van der Waals surface area contributed by atoms with Crippen molar-refractivity contribution in [3.05, 3.63) is 29.6 Å². The van der Waals surface area contributed by atoms with E-state index in [9.17, 15) is 0 Å². The predicted molar refractivity (Wildman–Crippen MR) is 78.6 cm³/mol. The summed E-state index contributed by atoms with van der Waals surface area (Å²) in [4.78, 5) is 8.76. The van der Waals surface area contributed by atoms with Crippen LogP contribution >= 0.6 is 0 Å². The normalized spacial score (nSPS) is 28.7. The van der Waals surface area contributed by atoms with Crippen LogP contribution in [0.5, 0.6) is 0 Å². The monoisotopic (exact) mass is 274 g/mol. The van der Waals surface area contributed by atoms with Gasteiger partial charge < -0.3 is 15.4 Å². The van der Waals surface area contributed by atoms with Gasteiger partial charge in [-0.05, 0) is 38.3 Å². The number of ether oxygens (including phenoxy) is 1. The molecule has 1 aromatic heterocycles. The zero-order valence-electron chi connectivity index (χ0n) is 12.1. The fourth-order valence-corrected chi connectivity index (χ4v) is 3.03. The van der Waals surface area contributed by atoms with Gasteiger partial charge in [0.05, 0.1) is 30.5 Å². The van der Waals surface area contributed by atoms with E-state index in [1.807, 2.05) is 25.1 Å². The van der Waals surface area contributed by atoms with Gasteiger partial charge in [-0.2, -0.15) is 0 Å². The average Bonchev–Trinajstić information content (AvgIpc) is 3.06. The number of aryl methyl sites for hydroxylation is 1. The lowest BCUT2D eigenvalue weighted by molar-refractivity contribution is 0.0992. The maximum Gasteiger partial charge on any atom is 0.191 e. The Hall–Kier alpha value is -1.62. The van der Waals surface area contributed by atoms with Gasteiger partial charge in [0.1, 0.15) is 0 Å². The van der Waals surface area contributed by atoms with Gasteiger partial charge in [0.15, 0.2) is 5.96 Å². The summed E-state index contributed by atoms with van der Waals surface area (Å²) in [5.41, 5.74) is 2.06. The molecule has 2 saturated heterocycles. The number of nitrogens with zero attached hydrogens (tertiary/aromatic N) is 2. The van der Waals surface area contributed by atoms with Crippen LogP contribution in [-0.2, 0) is 11.3 Å². The van der Waals surface area contributed by atoms with Gasteiger partial charge in [-0.15, -0.1) is 0 Å². The SMILES string of the molecule is CN=C(NCc1cccc(C)n1)NC1CC2CCC1O2. The van der Waals surface area contributed by atoms with E-state index in [4.69, 9.17) is 4.74 Å². The Balaban J connectivity index is 1.53. The summed E-state index contributed by atoms with van der Waals surface area (Å²) >= 11 is 0. The van der Waals surface area contributed by atoms with Crippen molar-refractivity contribution >= 4 is 5.96 Å². The molecule has 0 saturated carbocycles. The Morgan fingerprint density at radius 3 is 3.00 bits per heavy atom. The minimum atomic E-state index is 0.357. The van der Waals surface area contributed by atoms with Crippen molar-refractivity contribution in [2.75, 3.05) is 7.05 Å². The van der Waals surface area contributed by atoms with Crippen molar-refractivity contribution in [1.82, 2.24) is 15.6 Å². The van der Waals surface area contributed by atoms with Crippen molar-refractivity contribution in [3.8, 4) is 0 Å². The third kappa shape index (κ3) is 2.93. The zero-order valence-corrected chi connectivity index (χ0v) is 12.1. The summed E-state index contributed by atoms with van der Waals surface area (Å²) < 4.78 is 5.85. The predicted octanol–water partition coefficient (Wildman–Crippen LogP) is 1.37. The molecule has 2 fully saturated rings. The first-order chi connectivity index (χ1) is 9.74. The topological polar surface area (TPSA) is 58.5 Å². The van der Waals surface area contributed by atoms with Gasteiger partial charge in [0, 0.05) is 12.7 Å². The summed E-state index contributed by atoms with van der Waals surface area (Å²) in [5, 5.41) is 6.79. The highest BCUT2D eigenvalue weighted by Crippen LogP contribution is 2.34. The van der Waals surface area contributed by atoms with E-state index in [0.717, 1.165) is 23.8 Å². The number of pyridine rings is 1. The molecule has 2 aliphatic rings. The van der Waals surface area contributed by atoms with Gasteiger partial charge in [0.2, 0.25) is 0 Å². The van der Waals surface area contributed by atoms with E-state index in [1.165, 1.54) is 12.8 Å². The first kappa shape index (κ1) is 13.4. The fraction of sp³-hybridized carbons (Fsp3) is 0.600. The number of rotatable bonds is 3. The van der Waals surface area contributed by atoms with Crippen molar-refractivity contribution in [1.29, 1.82) is 0 Å². The molecule has 0 spiro atoms. The van der Waals surface area contributed by atoms with Crippen molar-refractivity contribution in [3.63, 3.8) is 0 Å². The average molecular weight is 274 g/mol. The molecule has 2 aliphatic heterocycles.